The van der Waals surface area contributed by atoms with Gasteiger partial charge in [0.15, 0.2) is 11.6 Å². The monoisotopic (exact) mass is 320 g/mol. The average molecular weight is 320 g/mol. The minimum atomic E-state index is -1.18. The molecule has 0 spiro atoms. The molecule has 3 amide bonds. The molecule has 0 aliphatic rings. The largest absolute Gasteiger partial charge is 0.357 e. The summed E-state index contributed by atoms with van der Waals surface area (Å²) in [6.45, 7) is 0. The summed E-state index contributed by atoms with van der Waals surface area (Å²) in [5, 5.41) is 7.18. The number of hydrogen-bond donors (Lipinski definition) is 3. The smallest absolute Gasteiger partial charge is 0.321 e. The first-order chi connectivity index (χ1) is 11.0. The van der Waals surface area contributed by atoms with Gasteiger partial charge in [-0.2, -0.15) is 0 Å². The Morgan fingerprint density at radius 3 is 2.52 bits per heavy atom. The zero-order valence-electron chi connectivity index (χ0n) is 12.1. The Hall–Kier alpha value is -3.03. The van der Waals surface area contributed by atoms with Gasteiger partial charge in [0.05, 0.1) is 0 Å². The van der Waals surface area contributed by atoms with Gasteiger partial charge >= 0.3 is 6.03 Å². The fourth-order valence-electron chi connectivity index (χ4n) is 1.86. The second-order valence-corrected chi connectivity index (χ2v) is 4.53. The van der Waals surface area contributed by atoms with Crippen molar-refractivity contribution in [3.63, 3.8) is 0 Å². The van der Waals surface area contributed by atoms with E-state index in [-0.39, 0.29) is 11.4 Å². The average Bonchev–Trinajstić information content (AvgIpc) is 2.55. The lowest BCUT2D eigenvalue weighted by Gasteiger charge is -2.18. The number of likely N-dealkylation sites (N-methyl/N-ethyl adjacent to an activating group) is 1. The molecule has 8 heteroatoms. The number of urea groups is 1. The maximum Gasteiger partial charge on any atom is 0.321 e. The summed E-state index contributed by atoms with van der Waals surface area (Å²) in [5.74, 6) is -2.44. The maximum absolute atomic E-state index is 13.3. The van der Waals surface area contributed by atoms with Crippen LogP contribution < -0.4 is 16.0 Å². The van der Waals surface area contributed by atoms with E-state index in [1.165, 1.54) is 19.3 Å². The summed E-state index contributed by atoms with van der Waals surface area (Å²) >= 11 is 0. The Morgan fingerprint density at radius 1 is 1.13 bits per heavy atom. The number of carbonyl (C=O) groups is 2. The number of aromatic nitrogens is 1. The van der Waals surface area contributed by atoms with Crippen molar-refractivity contribution in [3.05, 3.63) is 59.8 Å². The Morgan fingerprint density at radius 2 is 1.91 bits per heavy atom. The highest BCUT2D eigenvalue weighted by atomic mass is 19.2. The van der Waals surface area contributed by atoms with E-state index in [4.69, 9.17) is 0 Å². The van der Waals surface area contributed by atoms with Crippen molar-refractivity contribution in [1.82, 2.24) is 15.6 Å². The van der Waals surface area contributed by atoms with Gasteiger partial charge in [-0.25, -0.2) is 18.6 Å². The summed E-state index contributed by atoms with van der Waals surface area (Å²) in [7, 11) is 1.37. The van der Waals surface area contributed by atoms with E-state index in [9.17, 15) is 18.4 Å². The minimum Gasteiger partial charge on any atom is -0.357 e. The number of amides is 3. The fourth-order valence-corrected chi connectivity index (χ4v) is 1.86. The van der Waals surface area contributed by atoms with Crippen molar-refractivity contribution < 1.29 is 18.4 Å². The van der Waals surface area contributed by atoms with E-state index in [0.29, 0.717) is 0 Å². The molecule has 2 aromatic rings. The van der Waals surface area contributed by atoms with Crippen molar-refractivity contribution in [3.8, 4) is 0 Å². The zero-order chi connectivity index (χ0) is 16.8. The van der Waals surface area contributed by atoms with Crippen LogP contribution in [0, 0.1) is 11.6 Å². The third-order valence-electron chi connectivity index (χ3n) is 2.97. The normalized spacial score (nSPS) is 11.4. The van der Waals surface area contributed by atoms with Crippen molar-refractivity contribution in [2.24, 2.45) is 0 Å². The molecule has 1 atom stereocenters. The molecular weight excluding hydrogens is 306 g/mol. The number of halogens is 2. The number of nitrogens with one attached hydrogen (secondary N) is 3. The molecule has 0 fully saturated rings. The van der Waals surface area contributed by atoms with Crippen LogP contribution in [0.25, 0.3) is 0 Å². The topological polar surface area (TPSA) is 83.1 Å². The molecule has 0 saturated carbocycles. The first kappa shape index (κ1) is 16.3. The lowest BCUT2D eigenvalue weighted by molar-refractivity contribution is -0.122. The van der Waals surface area contributed by atoms with E-state index in [2.05, 4.69) is 20.9 Å². The Labute approximate surface area is 130 Å². The SMILES string of the molecule is CNC(=O)[C@H](NC(=O)Nc1ccccn1)c1ccc(F)c(F)c1. The number of rotatable bonds is 4. The van der Waals surface area contributed by atoms with Gasteiger partial charge in [-0.1, -0.05) is 12.1 Å². The summed E-state index contributed by atoms with van der Waals surface area (Å²) < 4.78 is 26.4. The molecule has 3 N–H and O–H groups in total. The van der Waals surface area contributed by atoms with E-state index < -0.39 is 29.6 Å². The number of carbonyl (C=O) groups excluding carboxylic acids is 2. The van der Waals surface area contributed by atoms with Crippen LogP contribution >= 0.6 is 0 Å². The summed E-state index contributed by atoms with van der Waals surface area (Å²) in [6, 6.07) is 5.99. The molecule has 0 radical (unpaired) electrons. The predicted octanol–water partition coefficient (Wildman–Crippen LogP) is 1.97. The van der Waals surface area contributed by atoms with Crippen LogP contribution in [0.15, 0.2) is 42.6 Å². The van der Waals surface area contributed by atoms with Crippen LogP contribution in [0.5, 0.6) is 0 Å². The van der Waals surface area contributed by atoms with Gasteiger partial charge in [0, 0.05) is 13.2 Å². The Balaban J connectivity index is 2.17. The molecule has 120 valence electrons. The Bertz CT molecular complexity index is 710. The van der Waals surface area contributed by atoms with Crippen molar-refractivity contribution in [2.75, 3.05) is 12.4 Å². The highest BCUT2D eigenvalue weighted by molar-refractivity contribution is 5.93. The zero-order valence-corrected chi connectivity index (χ0v) is 12.1. The van der Waals surface area contributed by atoms with E-state index in [1.54, 1.807) is 18.2 Å². The molecule has 6 nitrogen and oxygen atoms in total. The van der Waals surface area contributed by atoms with Gasteiger partial charge < -0.3 is 10.6 Å². The van der Waals surface area contributed by atoms with Crippen LogP contribution in [-0.2, 0) is 4.79 Å². The van der Waals surface area contributed by atoms with E-state index in [1.807, 2.05) is 0 Å². The number of anilines is 1. The number of hydrogen-bond acceptors (Lipinski definition) is 3. The molecule has 0 aliphatic carbocycles. The molecule has 1 aromatic carbocycles. The first-order valence-electron chi connectivity index (χ1n) is 6.66. The number of nitrogens with zero attached hydrogens (tertiary/aromatic N) is 1. The summed E-state index contributed by atoms with van der Waals surface area (Å²) in [4.78, 5) is 27.8. The second-order valence-electron chi connectivity index (χ2n) is 4.53. The maximum atomic E-state index is 13.3. The molecule has 1 heterocycles. The van der Waals surface area contributed by atoms with Gasteiger partial charge in [-0.05, 0) is 29.8 Å². The van der Waals surface area contributed by atoms with Crippen molar-refractivity contribution >= 4 is 17.8 Å². The van der Waals surface area contributed by atoms with Gasteiger partial charge in [0.25, 0.3) is 0 Å². The molecule has 0 saturated heterocycles. The Kier molecular flexibility index (Phi) is 5.19. The third-order valence-corrected chi connectivity index (χ3v) is 2.97. The fraction of sp³-hybridized carbons (Fsp3) is 0.133. The quantitative estimate of drug-likeness (QED) is 0.805. The second kappa shape index (κ2) is 7.30. The number of benzene rings is 1. The van der Waals surface area contributed by atoms with Crippen LogP contribution in [0.4, 0.5) is 19.4 Å². The molecular formula is C15H14F2N4O2. The van der Waals surface area contributed by atoms with Crippen LogP contribution in [-0.4, -0.2) is 24.0 Å². The van der Waals surface area contributed by atoms with Crippen molar-refractivity contribution in [2.45, 2.75) is 6.04 Å². The van der Waals surface area contributed by atoms with E-state index in [0.717, 1.165) is 12.1 Å². The predicted molar refractivity (Wildman–Crippen MR) is 79.6 cm³/mol. The molecule has 0 unspecified atom stereocenters. The standard InChI is InChI=1S/C15H14F2N4O2/c1-18-14(22)13(9-5-6-10(16)11(17)8-9)21-15(23)20-12-4-2-3-7-19-12/h2-8,13H,1H3,(H,18,22)(H2,19,20,21,23)/t13-/m1/s1. The van der Waals surface area contributed by atoms with Crippen LogP contribution in [0.2, 0.25) is 0 Å². The molecule has 2 rings (SSSR count). The summed E-state index contributed by atoms with van der Waals surface area (Å²) in [6.07, 6.45) is 1.49. The van der Waals surface area contributed by atoms with Crippen LogP contribution in [0.3, 0.4) is 0 Å². The van der Waals surface area contributed by atoms with Gasteiger partial charge in [0.2, 0.25) is 5.91 Å². The van der Waals surface area contributed by atoms with Gasteiger partial charge in [0.1, 0.15) is 11.9 Å². The highest BCUT2D eigenvalue weighted by Crippen LogP contribution is 2.17. The number of pyridine rings is 1. The minimum absolute atomic E-state index is 0.111. The van der Waals surface area contributed by atoms with Gasteiger partial charge in [-0.3, -0.25) is 10.1 Å². The van der Waals surface area contributed by atoms with E-state index >= 15 is 0 Å². The highest BCUT2D eigenvalue weighted by Gasteiger charge is 2.23. The van der Waals surface area contributed by atoms with Crippen molar-refractivity contribution in [1.29, 1.82) is 0 Å². The summed E-state index contributed by atoms with van der Waals surface area (Å²) in [5.41, 5.74) is 0.111. The van der Waals surface area contributed by atoms with Crippen LogP contribution in [0.1, 0.15) is 11.6 Å². The van der Waals surface area contributed by atoms with Gasteiger partial charge in [-0.15, -0.1) is 0 Å². The molecule has 0 bridgehead atoms. The third kappa shape index (κ3) is 4.22. The molecule has 1 aromatic heterocycles. The molecule has 0 aliphatic heterocycles. The lowest BCUT2D eigenvalue weighted by Crippen LogP contribution is -2.41. The lowest BCUT2D eigenvalue weighted by atomic mass is 10.1. The molecule has 23 heavy (non-hydrogen) atoms. The first-order valence-corrected chi connectivity index (χ1v) is 6.66.